The number of nitrogens with zero attached hydrogens (tertiary/aromatic N) is 2. The van der Waals surface area contributed by atoms with Crippen LogP contribution >= 0.6 is 11.6 Å². The van der Waals surface area contributed by atoms with E-state index in [1.165, 1.54) is 17.3 Å². The molecule has 22 heavy (non-hydrogen) atoms. The minimum Gasteiger partial charge on any atom is -0.497 e. The second kappa shape index (κ2) is 5.30. The van der Waals surface area contributed by atoms with Gasteiger partial charge in [-0.3, -0.25) is 0 Å². The quantitative estimate of drug-likeness (QED) is 0.689. The molecule has 0 aliphatic carbocycles. The molecule has 2 aromatic heterocycles. The van der Waals surface area contributed by atoms with Crippen molar-refractivity contribution < 1.29 is 13.2 Å². The Hall–Kier alpha value is -2.05. The van der Waals surface area contributed by atoms with E-state index in [2.05, 4.69) is 4.98 Å². The Morgan fingerprint density at radius 1 is 1.18 bits per heavy atom. The Kier molecular flexibility index (Phi) is 3.58. The maximum Gasteiger partial charge on any atom is 0.268 e. The number of methoxy groups -OCH3 is 1. The molecule has 0 aliphatic rings. The van der Waals surface area contributed by atoms with Gasteiger partial charge in [0, 0.05) is 6.20 Å². The number of fused-ring (bicyclic) bond motifs is 1. The molecule has 0 amide bonds. The molecule has 0 N–H and O–H groups in total. The zero-order valence-electron chi connectivity index (χ0n) is 11.9. The number of benzene rings is 1. The molecule has 0 saturated heterocycles. The molecule has 3 aromatic rings. The number of pyridine rings is 1. The average molecular weight is 337 g/mol. The van der Waals surface area contributed by atoms with Crippen LogP contribution in [0.1, 0.15) is 5.56 Å². The van der Waals surface area contributed by atoms with Gasteiger partial charge < -0.3 is 4.74 Å². The molecule has 3 rings (SSSR count). The van der Waals surface area contributed by atoms with E-state index >= 15 is 0 Å². The van der Waals surface area contributed by atoms with Crippen molar-refractivity contribution in [3.63, 3.8) is 0 Å². The van der Waals surface area contributed by atoms with Gasteiger partial charge in [-0.1, -0.05) is 11.6 Å². The zero-order chi connectivity index (χ0) is 15.9. The lowest BCUT2D eigenvalue weighted by atomic mass is 10.2. The maximum atomic E-state index is 12.9. The minimum atomic E-state index is -3.71. The van der Waals surface area contributed by atoms with Crippen molar-refractivity contribution in [3.8, 4) is 5.75 Å². The zero-order valence-corrected chi connectivity index (χ0v) is 13.5. The Labute approximate surface area is 133 Å². The normalized spacial score (nSPS) is 11.8. The van der Waals surface area contributed by atoms with Crippen molar-refractivity contribution in [1.82, 2.24) is 8.96 Å². The van der Waals surface area contributed by atoms with Gasteiger partial charge in [-0.15, -0.1) is 0 Å². The lowest BCUT2D eigenvalue weighted by molar-refractivity contribution is 0.414. The van der Waals surface area contributed by atoms with Crippen LogP contribution in [0.2, 0.25) is 5.15 Å². The Morgan fingerprint density at radius 2 is 1.95 bits per heavy atom. The summed E-state index contributed by atoms with van der Waals surface area (Å²) in [4.78, 5) is 4.34. The van der Waals surface area contributed by atoms with Crippen molar-refractivity contribution in [2.45, 2.75) is 11.8 Å². The van der Waals surface area contributed by atoms with Crippen LogP contribution in [0.3, 0.4) is 0 Å². The predicted molar refractivity (Wildman–Crippen MR) is 85.1 cm³/mol. The third kappa shape index (κ3) is 2.34. The van der Waals surface area contributed by atoms with Crippen molar-refractivity contribution in [1.29, 1.82) is 0 Å². The summed E-state index contributed by atoms with van der Waals surface area (Å²) in [5.74, 6) is 0.613. The van der Waals surface area contributed by atoms with Gasteiger partial charge in [0.15, 0.2) is 0 Å². The third-order valence-electron chi connectivity index (χ3n) is 3.39. The van der Waals surface area contributed by atoms with Gasteiger partial charge in [-0.05, 0) is 48.9 Å². The molecule has 0 atom stereocenters. The molecule has 2 heterocycles. The van der Waals surface area contributed by atoms with Crippen LogP contribution in [0.5, 0.6) is 5.75 Å². The van der Waals surface area contributed by atoms with Crippen LogP contribution in [-0.2, 0) is 10.0 Å². The number of hydrogen-bond acceptors (Lipinski definition) is 4. The van der Waals surface area contributed by atoms with Crippen LogP contribution in [0, 0.1) is 6.92 Å². The molecule has 0 fully saturated rings. The van der Waals surface area contributed by atoms with Gasteiger partial charge in [0.05, 0.1) is 23.0 Å². The summed E-state index contributed by atoms with van der Waals surface area (Å²) < 4.78 is 32.1. The predicted octanol–water partition coefficient (Wildman–Crippen LogP) is 3.24. The maximum absolute atomic E-state index is 12.9. The fourth-order valence-corrected chi connectivity index (χ4v) is 4.03. The largest absolute Gasteiger partial charge is 0.497 e. The highest BCUT2D eigenvalue weighted by Crippen LogP contribution is 2.26. The van der Waals surface area contributed by atoms with Gasteiger partial charge in [0.1, 0.15) is 10.9 Å². The highest BCUT2D eigenvalue weighted by Gasteiger charge is 2.21. The molecule has 0 unspecified atom stereocenters. The Morgan fingerprint density at radius 3 is 2.64 bits per heavy atom. The summed E-state index contributed by atoms with van der Waals surface area (Å²) in [7, 11) is -2.17. The summed E-state index contributed by atoms with van der Waals surface area (Å²) in [6.45, 7) is 1.73. The fourth-order valence-electron chi connectivity index (χ4n) is 2.32. The number of hydrogen-bond donors (Lipinski definition) is 0. The van der Waals surface area contributed by atoms with Crippen LogP contribution in [0.15, 0.2) is 47.5 Å². The third-order valence-corrected chi connectivity index (χ3v) is 5.45. The first kappa shape index (κ1) is 14.9. The van der Waals surface area contributed by atoms with Gasteiger partial charge in [-0.2, -0.15) is 0 Å². The summed E-state index contributed by atoms with van der Waals surface area (Å²) in [6, 6.07) is 9.68. The van der Waals surface area contributed by atoms with Gasteiger partial charge in [-0.25, -0.2) is 17.4 Å². The number of aromatic nitrogens is 2. The van der Waals surface area contributed by atoms with Crippen molar-refractivity contribution in [2.24, 2.45) is 0 Å². The van der Waals surface area contributed by atoms with Crippen molar-refractivity contribution in [2.75, 3.05) is 7.11 Å². The highest BCUT2D eigenvalue weighted by atomic mass is 35.5. The number of aryl methyl sites for hydroxylation is 1. The number of ether oxygens (including phenoxy) is 1. The van der Waals surface area contributed by atoms with Crippen molar-refractivity contribution >= 4 is 32.7 Å². The average Bonchev–Trinajstić information content (AvgIpc) is 2.90. The first-order valence-corrected chi connectivity index (χ1v) is 8.29. The minimum absolute atomic E-state index is 0.223. The van der Waals surface area contributed by atoms with E-state index in [-0.39, 0.29) is 4.90 Å². The summed E-state index contributed by atoms with van der Waals surface area (Å²) in [5.41, 5.74) is 1.63. The molecule has 1 aromatic carbocycles. The first-order valence-electron chi connectivity index (χ1n) is 6.47. The highest BCUT2D eigenvalue weighted by molar-refractivity contribution is 7.90. The molecule has 7 heteroatoms. The molecular weight excluding hydrogens is 324 g/mol. The van der Waals surface area contributed by atoms with Crippen LogP contribution in [0.25, 0.3) is 11.0 Å². The molecule has 5 nitrogen and oxygen atoms in total. The molecule has 114 valence electrons. The molecule has 0 bridgehead atoms. The number of halogens is 1. The SMILES string of the molecule is COc1ccc(S(=O)(=O)n2ccc3nc(Cl)ccc32)c(C)c1. The smallest absolute Gasteiger partial charge is 0.268 e. The van der Waals surface area contributed by atoms with Gasteiger partial charge >= 0.3 is 0 Å². The van der Waals surface area contributed by atoms with Gasteiger partial charge in [0.2, 0.25) is 0 Å². The molecule has 0 spiro atoms. The lowest BCUT2D eigenvalue weighted by Crippen LogP contribution is -2.13. The van der Waals surface area contributed by atoms with E-state index < -0.39 is 10.0 Å². The lowest BCUT2D eigenvalue weighted by Gasteiger charge is -2.11. The molecule has 0 aliphatic heterocycles. The topological polar surface area (TPSA) is 61.2 Å². The fraction of sp³-hybridized carbons (Fsp3) is 0.133. The van der Waals surface area contributed by atoms with Crippen LogP contribution < -0.4 is 4.74 Å². The Balaban J connectivity index is 2.20. The Bertz CT molecular complexity index is 964. The second-order valence-corrected chi connectivity index (χ2v) is 6.96. The summed E-state index contributed by atoms with van der Waals surface area (Å²) >= 11 is 5.83. The van der Waals surface area contributed by atoms with Crippen LogP contribution in [0.4, 0.5) is 0 Å². The van der Waals surface area contributed by atoms with Crippen molar-refractivity contribution in [3.05, 3.63) is 53.3 Å². The summed E-state index contributed by atoms with van der Waals surface area (Å²) in [5, 5.41) is 0.322. The standard InChI is InChI=1S/C15H13ClN2O3S/c1-10-9-11(21-2)3-5-14(10)22(19,20)18-8-7-12-13(18)4-6-15(16)17-12/h3-9H,1-2H3. The monoisotopic (exact) mass is 336 g/mol. The van der Waals surface area contributed by atoms with E-state index in [1.807, 2.05) is 0 Å². The van der Waals surface area contributed by atoms with E-state index in [4.69, 9.17) is 16.3 Å². The summed E-state index contributed by atoms with van der Waals surface area (Å²) in [6.07, 6.45) is 1.48. The van der Waals surface area contributed by atoms with Gasteiger partial charge in [0.25, 0.3) is 10.0 Å². The van der Waals surface area contributed by atoms with E-state index in [0.717, 1.165) is 0 Å². The molecule has 0 radical (unpaired) electrons. The van der Waals surface area contributed by atoms with E-state index in [9.17, 15) is 8.42 Å². The first-order chi connectivity index (χ1) is 10.4. The number of rotatable bonds is 3. The molecule has 0 saturated carbocycles. The molecular formula is C15H13ClN2O3S. The van der Waals surface area contributed by atoms with E-state index in [1.54, 1.807) is 43.3 Å². The second-order valence-electron chi connectivity index (χ2n) is 4.79. The van der Waals surface area contributed by atoms with E-state index in [0.29, 0.717) is 27.5 Å². The van der Waals surface area contributed by atoms with Crippen LogP contribution in [-0.4, -0.2) is 24.5 Å².